The van der Waals surface area contributed by atoms with E-state index in [0.29, 0.717) is 0 Å². The summed E-state index contributed by atoms with van der Waals surface area (Å²) in [6.07, 6.45) is -6.32. The van der Waals surface area contributed by atoms with Gasteiger partial charge in [0.15, 0.2) is 0 Å². The van der Waals surface area contributed by atoms with E-state index in [-0.39, 0.29) is 0 Å². The Kier molecular flexibility index (Phi) is 6.23. The van der Waals surface area contributed by atoms with Crippen molar-refractivity contribution in [2.24, 2.45) is 0 Å². The van der Waals surface area contributed by atoms with Gasteiger partial charge in [0.1, 0.15) is 18.3 Å². The number of carboxylic acids is 1. The molecule has 1 saturated heterocycles. The molecule has 3 unspecified atom stereocenters. The third kappa shape index (κ3) is 3.91. The zero-order valence-electron chi connectivity index (χ0n) is 12.2. The average molecular weight is 323 g/mol. The molecule has 22 heavy (non-hydrogen) atoms. The van der Waals surface area contributed by atoms with Crippen molar-refractivity contribution in [3.63, 3.8) is 0 Å². The zero-order valence-corrected chi connectivity index (χ0v) is 12.2. The van der Waals surface area contributed by atoms with Crippen LogP contribution in [0.2, 0.25) is 0 Å². The van der Waals surface area contributed by atoms with Crippen LogP contribution in [0.25, 0.3) is 0 Å². The van der Waals surface area contributed by atoms with E-state index in [4.69, 9.17) is 19.7 Å². The molecule has 6 atom stereocenters. The minimum absolute atomic E-state index is 0.535. The molecule has 1 aliphatic rings. The molecule has 0 aromatic rings. The van der Waals surface area contributed by atoms with Crippen molar-refractivity contribution in [1.82, 2.24) is 5.32 Å². The van der Waals surface area contributed by atoms with Crippen molar-refractivity contribution in [3.8, 4) is 0 Å². The Morgan fingerprint density at radius 3 is 2.50 bits per heavy atom. The van der Waals surface area contributed by atoms with Crippen LogP contribution in [-0.2, 0) is 19.1 Å². The number of aliphatic hydroxyl groups is 4. The second-order valence-corrected chi connectivity index (χ2v) is 5.12. The fourth-order valence-corrected chi connectivity index (χ4v) is 2.41. The summed E-state index contributed by atoms with van der Waals surface area (Å²) in [6.45, 7) is 0.443. The van der Waals surface area contributed by atoms with E-state index in [2.05, 4.69) is 5.32 Å². The summed E-state index contributed by atoms with van der Waals surface area (Å²) in [5.74, 6) is -4.97. The van der Waals surface area contributed by atoms with Crippen molar-refractivity contribution in [2.75, 3.05) is 13.7 Å². The van der Waals surface area contributed by atoms with Crippen molar-refractivity contribution in [1.29, 1.82) is 0 Å². The van der Waals surface area contributed by atoms with E-state index < -0.39 is 61.1 Å². The standard InChI is InChI=1S/C12H21NO9/c1-5(15)13-8-6(16)3-12(20,11(18)19)22-10(8)9(21-2)7(17)4-14/h6-10,14,16-17,20H,3-4H2,1-2H3,(H,13,15)(H,18,19)/t6-,7?,8-,9?,10?,12+/m1/s1. The fourth-order valence-electron chi connectivity index (χ4n) is 2.41. The van der Waals surface area contributed by atoms with Gasteiger partial charge in [-0.3, -0.25) is 4.79 Å². The van der Waals surface area contributed by atoms with Gasteiger partial charge in [-0.15, -0.1) is 0 Å². The number of ether oxygens (including phenoxy) is 2. The number of nitrogens with one attached hydrogen (secondary N) is 1. The highest BCUT2D eigenvalue weighted by Crippen LogP contribution is 2.31. The molecule has 0 aromatic carbocycles. The largest absolute Gasteiger partial charge is 0.477 e. The maximum absolute atomic E-state index is 11.2. The van der Waals surface area contributed by atoms with Gasteiger partial charge in [0, 0.05) is 20.5 Å². The molecule has 1 fully saturated rings. The van der Waals surface area contributed by atoms with Crippen LogP contribution in [0.1, 0.15) is 13.3 Å². The second-order valence-electron chi connectivity index (χ2n) is 5.12. The number of methoxy groups -OCH3 is 1. The van der Waals surface area contributed by atoms with Crippen molar-refractivity contribution >= 4 is 11.9 Å². The topological polar surface area (TPSA) is 166 Å². The third-order valence-electron chi connectivity index (χ3n) is 3.45. The average Bonchev–Trinajstić information content (AvgIpc) is 2.42. The number of aliphatic carboxylic acids is 1. The maximum Gasteiger partial charge on any atom is 0.364 e. The number of carbonyl (C=O) groups excluding carboxylic acids is 1. The first-order chi connectivity index (χ1) is 10.2. The Morgan fingerprint density at radius 1 is 1.50 bits per heavy atom. The second kappa shape index (κ2) is 7.31. The normalized spacial score (nSPS) is 34.7. The number of hydrogen-bond acceptors (Lipinski definition) is 8. The number of hydrogen-bond donors (Lipinski definition) is 6. The van der Waals surface area contributed by atoms with Gasteiger partial charge in [0.05, 0.1) is 18.8 Å². The monoisotopic (exact) mass is 323 g/mol. The number of aliphatic hydroxyl groups excluding tert-OH is 3. The quantitative estimate of drug-likeness (QED) is 0.295. The first kappa shape index (κ1) is 18.7. The molecule has 0 radical (unpaired) electrons. The van der Waals surface area contributed by atoms with E-state index >= 15 is 0 Å². The van der Waals surface area contributed by atoms with Gasteiger partial charge in [-0.25, -0.2) is 4.79 Å². The molecule has 1 heterocycles. The van der Waals surface area contributed by atoms with Crippen LogP contribution in [0.4, 0.5) is 0 Å². The van der Waals surface area contributed by atoms with Gasteiger partial charge < -0.3 is 40.3 Å². The van der Waals surface area contributed by atoms with Crippen LogP contribution in [-0.4, -0.2) is 87.4 Å². The molecule has 1 rings (SSSR count). The Hall–Kier alpha value is -1.30. The minimum Gasteiger partial charge on any atom is -0.477 e. The maximum atomic E-state index is 11.2. The predicted octanol–water partition coefficient (Wildman–Crippen LogP) is -3.22. The summed E-state index contributed by atoms with van der Waals surface area (Å²) in [6, 6.07) is -1.14. The molecular weight excluding hydrogens is 302 g/mol. The van der Waals surface area contributed by atoms with Gasteiger partial charge >= 0.3 is 5.97 Å². The predicted molar refractivity (Wildman–Crippen MR) is 69.6 cm³/mol. The Bertz CT molecular complexity index is 417. The van der Waals surface area contributed by atoms with Crippen LogP contribution >= 0.6 is 0 Å². The molecule has 128 valence electrons. The molecule has 1 amide bonds. The SMILES string of the molecule is COC(C(O)CO)C1O[C@](O)(C(=O)O)C[C@@H](O)[C@H]1NC(C)=O. The lowest BCUT2D eigenvalue weighted by molar-refractivity contribution is -0.297. The Balaban J connectivity index is 3.15. The molecule has 1 aliphatic heterocycles. The van der Waals surface area contributed by atoms with Crippen LogP contribution < -0.4 is 5.32 Å². The Morgan fingerprint density at radius 2 is 2.09 bits per heavy atom. The summed E-state index contributed by atoms with van der Waals surface area (Å²) in [7, 11) is 1.17. The van der Waals surface area contributed by atoms with E-state index in [0.717, 1.165) is 0 Å². The van der Waals surface area contributed by atoms with Crippen LogP contribution in [0, 0.1) is 0 Å². The summed E-state index contributed by atoms with van der Waals surface area (Å²) in [5.41, 5.74) is 0. The molecule has 10 nitrogen and oxygen atoms in total. The van der Waals surface area contributed by atoms with Gasteiger partial charge in [-0.2, -0.15) is 0 Å². The lowest BCUT2D eigenvalue weighted by Gasteiger charge is -2.45. The smallest absolute Gasteiger partial charge is 0.364 e. The van der Waals surface area contributed by atoms with Gasteiger partial charge in [0.2, 0.25) is 5.91 Å². The highest BCUT2D eigenvalue weighted by atomic mass is 16.7. The molecule has 0 aromatic heterocycles. The number of rotatable bonds is 6. The summed E-state index contributed by atoms with van der Waals surface area (Å²) in [4.78, 5) is 22.4. The van der Waals surface area contributed by atoms with Crippen molar-refractivity contribution in [2.45, 2.75) is 49.6 Å². The van der Waals surface area contributed by atoms with Crippen LogP contribution in [0.3, 0.4) is 0 Å². The lowest BCUT2D eigenvalue weighted by Crippen LogP contribution is -2.67. The van der Waals surface area contributed by atoms with Crippen LogP contribution in [0.15, 0.2) is 0 Å². The summed E-state index contributed by atoms with van der Waals surface area (Å²) in [5, 5.41) is 50.2. The van der Waals surface area contributed by atoms with Gasteiger partial charge in [-0.05, 0) is 0 Å². The first-order valence-corrected chi connectivity index (χ1v) is 6.56. The zero-order chi connectivity index (χ0) is 17.1. The van der Waals surface area contributed by atoms with Gasteiger partial charge in [0.25, 0.3) is 5.79 Å². The highest BCUT2D eigenvalue weighted by Gasteiger charge is 2.54. The molecule has 0 spiro atoms. The molecule has 0 bridgehead atoms. The lowest BCUT2D eigenvalue weighted by atomic mass is 9.88. The van der Waals surface area contributed by atoms with E-state index in [1.165, 1.54) is 14.0 Å². The van der Waals surface area contributed by atoms with Crippen LogP contribution in [0.5, 0.6) is 0 Å². The van der Waals surface area contributed by atoms with E-state index in [1.54, 1.807) is 0 Å². The first-order valence-electron chi connectivity index (χ1n) is 6.56. The molecule has 6 N–H and O–H groups in total. The number of carbonyl (C=O) groups is 2. The number of amides is 1. The molecule has 10 heteroatoms. The third-order valence-corrected chi connectivity index (χ3v) is 3.45. The fraction of sp³-hybridized carbons (Fsp3) is 0.833. The molecular formula is C12H21NO9. The van der Waals surface area contributed by atoms with Crippen molar-refractivity contribution < 1.29 is 44.6 Å². The highest BCUT2D eigenvalue weighted by molar-refractivity contribution is 5.76. The van der Waals surface area contributed by atoms with E-state index in [9.17, 15) is 24.9 Å². The van der Waals surface area contributed by atoms with Crippen molar-refractivity contribution in [3.05, 3.63) is 0 Å². The molecule has 0 saturated carbocycles. The minimum atomic E-state index is -2.70. The van der Waals surface area contributed by atoms with Gasteiger partial charge in [-0.1, -0.05) is 0 Å². The number of carboxylic acid groups (broad SMARTS) is 1. The Labute approximate surface area is 126 Å². The molecule has 0 aliphatic carbocycles. The van der Waals surface area contributed by atoms with E-state index in [1.807, 2.05) is 0 Å². The summed E-state index contributed by atoms with van der Waals surface area (Å²) < 4.78 is 10.1. The summed E-state index contributed by atoms with van der Waals surface area (Å²) >= 11 is 0.